The van der Waals surface area contributed by atoms with Gasteiger partial charge in [-0.3, -0.25) is 14.5 Å². The van der Waals surface area contributed by atoms with E-state index in [1.807, 2.05) is 42.3 Å². The highest BCUT2D eigenvalue weighted by molar-refractivity contribution is 7.14. The molecule has 2 N–H and O–H groups in total. The van der Waals surface area contributed by atoms with Crippen LogP contribution in [0.2, 0.25) is 0 Å². The van der Waals surface area contributed by atoms with Crippen LogP contribution in [0.25, 0.3) is 22.2 Å². The molecule has 4 aromatic rings. The smallest absolute Gasteiger partial charge is 0.258 e. The van der Waals surface area contributed by atoms with Gasteiger partial charge in [0.05, 0.1) is 29.7 Å². The minimum atomic E-state index is -0.175. The fourth-order valence-corrected chi connectivity index (χ4v) is 4.58. The molecule has 176 valence electrons. The van der Waals surface area contributed by atoms with Crippen LogP contribution in [-0.2, 0) is 11.3 Å². The normalized spacial score (nSPS) is 11.5. The zero-order valence-electron chi connectivity index (χ0n) is 20.1. The number of thiazole rings is 1. The summed E-state index contributed by atoms with van der Waals surface area (Å²) in [5.41, 5.74) is 6.04. The van der Waals surface area contributed by atoms with Crippen molar-refractivity contribution in [2.75, 3.05) is 11.9 Å². The number of nitrogens with one attached hydrogen (secondary N) is 2. The van der Waals surface area contributed by atoms with E-state index >= 15 is 0 Å². The average Bonchev–Trinajstić information content (AvgIpc) is 3.23. The molecule has 0 radical (unpaired) electrons. The molecule has 0 saturated heterocycles. The summed E-state index contributed by atoms with van der Waals surface area (Å²) < 4.78 is 0. The molecule has 2 aromatic carbocycles. The molecule has 0 aliphatic carbocycles. The summed E-state index contributed by atoms with van der Waals surface area (Å²) in [4.78, 5) is 39.2. The minimum Gasteiger partial charge on any atom is -0.309 e. The maximum Gasteiger partial charge on any atom is 0.258 e. The zero-order chi connectivity index (χ0) is 24.4. The number of carbonyl (C=O) groups excluding carboxylic acids is 1. The highest BCUT2D eigenvalue weighted by Crippen LogP contribution is 2.29. The van der Waals surface area contributed by atoms with Crippen molar-refractivity contribution < 1.29 is 4.79 Å². The molecule has 4 rings (SSSR count). The summed E-state index contributed by atoms with van der Waals surface area (Å²) in [5, 5.41) is 6.02. The molecule has 2 heterocycles. The van der Waals surface area contributed by atoms with Gasteiger partial charge in [-0.2, -0.15) is 0 Å². The number of rotatable bonds is 7. The Morgan fingerprint density at radius 1 is 1.09 bits per heavy atom. The van der Waals surface area contributed by atoms with Gasteiger partial charge in [0.15, 0.2) is 5.13 Å². The number of nitrogens with zero attached hydrogens (tertiary/aromatic N) is 3. The van der Waals surface area contributed by atoms with E-state index in [-0.39, 0.29) is 24.1 Å². The third-order valence-electron chi connectivity index (χ3n) is 5.96. The predicted octanol–water partition coefficient (Wildman–Crippen LogP) is 4.82. The molecule has 7 nitrogen and oxygen atoms in total. The first-order valence-electron chi connectivity index (χ1n) is 11.3. The number of hydrogen-bond donors (Lipinski definition) is 2. The lowest BCUT2D eigenvalue weighted by atomic mass is 9.99. The van der Waals surface area contributed by atoms with Crippen LogP contribution >= 0.6 is 11.3 Å². The van der Waals surface area contributed by atoms with Crippen molar-refractivity contribution in [1.82, 2.24) is 19.9 Å². The van der Waals surface area contributed by atoms with E-state index in [0.29, 0.717) is 28.4 Å². The quantitative estimate of drug-likeness (QED) is 0.400. The van der Waals surface area contributed by atoms with E-state index in [1.54, 1.807) is 6.07 Å². The number of hydrogen-bond acceptors (Lipinski definition) is 6. The number of aromatic nitrogens is 3. The summed E-state index contributed by atoms with van der Waals surface area (Å²) in [6.45, 7) is 10.8. The molecule has 0 aliphatic rings. The summed E-state index contributed by atoms with van der Waals surface area (Å²) >= 11 is 1.41. The number of anilines is 1. The van der Waals surface area contributed by atoms with Gasteiger partial charge >= 0.3 is 0 Å². The summed E-state index contributed by atoms with van der Waals surface area (Å²) in [5.74, 6) is 0.376. The van der Waals surface area contributed by atoms with Gasteiger partial charge in [0.2, 0.25) is 5.91 Å². The fourth-order valence-electron chi connectivity index (χ4n) is 3.86. The van der Waals surface area contributed by atoms with E-state index in [9.17, 15) is 9.59 Å². The number of carbonyl (C=O) groups is 1. The predicted molar refractivity (Wildman–Crippen MR) is 138 cm³/mol. The van der Waals surface area contributed by atoms with Gasteiger partial charge in [-0.1, -0.05) is 18.2 Å². The Kier molecular flexibility index (Phi) is 6.90. The Morgan fingerprint density at radius 2 is 1.82 bits per heavy atom. The number of para-hydroxylation sites is 1. The van der Waals surface area contributed by atoms with Crippen molar-refractivity contribution >= 4 is 33.3 Å². The number of fused-ring (bicyclic) bond motifs is 1. The molecule has 0 unspecified atom stereocenters. The van der Waals surface area contributed by atoms with Crippen molar-refractivity contribution in [3.05, 3.63) is 74.6 Å². The van der Waals surface area contributed by atoms with Gasteiger partial charge in [-0.15, -0.1) is 11.3 Å². The van der Waals surface area contributed by atoms with Crippen molar-refractivity contribution in [1.29, 1.82) is 0 Å². The van der Waals surface area contributed by atoms with Crippen molar-refractivity contribution in [2.24, 2.45) is 0 Å². The van der Waals surface area contributed by atoms with Crippen molar-refractivity contribution in [2.45, 2.75) is 47.2 Å². The Hall–Kier alpha value is -3.36. The number of benzene rings is 2. The van der Waals surface area contributed by atoms with Gasteiger partial charge in [0, 0.05) is 17.0 Å². The molecule has 0 saturated carbocycles. The van der Waals surface area contributed by atoms with Crippen LogP contribution in [0.3, 0.4) is 0 Å². The number of H-pyrrole nitrogens is 1. The van der Waals surface area contributed by atoms with Gasteiger partial charge in [-0.25, -0.2) is 9.97 Å². The SMILES string of the molecule is Cc1cc(C)c(-c2csc(NC(=O)CN(Cc3nc4ccccc4c(=O)[nH]3)C(C)C)n2)cc1C. The molecular formula is C26H29N5O2S. The molecule has 0 aliphatic heterocycles. The Morgan fingerprint density at radius 3 is 2.59 bits per heavy atom. The first kappa shape index (κ1) is 23.8. The van der Waals surface area contributed by atoms with Gasteiger partial charge in [0.25, 0.3) is 5.56 Å². The molecule has 0 atom stereocenters. The second-order valence-electron chi connectivity index (χ2n) is 8.87. The summed E-state index contributed by atoms with van der Waals surface area (Å²) in [7, 11) is 0. The van der Waals surface area contributed by atoms with Gasteiger partial charge < -0.3 is 10.3 Å². The van der Waals surface area contributed by atoms with Gasteiger partial charge in [0.1, 0.15) is 5.82 Å². The molecular weight excluding hydrogens is 446 g/mol. The second-order valence-corrected chi connectivity index (χ2v) is 9.72. The van der Waals surface area contributed by atoms with E-state index in [0.717, 1.165) is 16.8 Å². The Labute approximate surface area is 202 Å². The van der Waals surface area contributed by atoms with E-state index in [1.165, 1.54) is 22.5 Å². The largest absolute Gasteiger partial charge is 0.309 e. The topological polar surface area (TPSA) is 91.0 Å². The maximum absolute atomic E-state index is 12.8. The van der Waals surface area contributed by atoms with Crippen LogP contribution < -0.4 is 10.9 Å². The minimum absolute atomic E-state index is 0.0764. The first-order chi connectivity index (χ1) is 16.2. The molecule has 0 bridgehead atoms. The number of amides is 1. The number of aryl methyl sites for hydroxylation is 3. The lowest BCUT2D eigenvalue weighted by Crippen LogP contribution is -2.38. The molecule has 8 heteroatoms. The number of aromatic amines is 1. The molecule has 1 amide bonds. The lowest BCUT2D eigenvalue weighted by molar-refractivity contribution is -0.117. The molecule has 2 aromatic heterocycles. The van der Waals surface area contributed by atoms with Crippen molar-refractivity contribution in [3.8, 4) is 11.3 Å². The van der Waals surface area contributed by atoms with E-state index in [2.05, 4.69) is 53.2 Å². The maximum atomic E-state index is 12.8. The van der Waals surface area contributed by atoms with Crippen LogP contribution in [0.4, 0.5) is 5.13 Å². The summed E-state index contributed by atoms with van der Waals surface area (Å²) in [6, 6.07) is 11.6. The zero-order valence-corrected chi connectivity index (χ0v) is 20.9. The van der Waals surface area contributed by atoms with Crippen LogP contribution in [0, 0.1) is 20.8 Å². The third kappa shape index (κ3) is 5.24. The van der Waals surface area contributed by atoms with Crippen LogP contribution in [0.1, 0.15) is 36.4 Å². The van der Waals surface area contributed by atoms with Crippen LogP contribution in [0.5, 0.6) is 0 Å². The summed E-state index contributed by atoms with van der Waals surface area (Å²) in [6.07, 6.45) is 0. The van der Waals surface area contributed by atoms with E-state index < -0.39 is 0 Å². The van der Waals surface area contributed by atoms with Crippen LogP contribution in [0.15, 0.2) is 46.6 Å². The molecule has 0 spiro atoms. The fraction of sp³-hybridized carbons (Fsp3) is 0.308. The van der Waals surface area contributed by atoms with E-state index in [4.69, 9.17) is 0 Å². The third-order valence-corrected chi connectivity index (χ3v) is 6.72. The monoisotopic (exact) mass is 475 g/mol. The van der Waals surface area contributed by atoms with Crippen molar-refractivity contribution in [3.63, 3.8) is 0 Å². The first-order valence-corrected chi connectivity index (χ1v) is 12.1. The lowest BCUT2D eigenvalue weighted by Gasteiger charge is -2.25. The molecule has 0 fully saturated rings. The second kappa shape index (κ2) is 9.87. The highest BCUT2D eigenvalue weighted by Gasteiger charge is 2.18. The Balaban J connectivity index is 1.46. The average molecular weight is 476 g/mol. The van der Waals surface area contributed by atoms with Crippen LogP contribution in [-0.4, -0.2) is 38.3 Å². The highest BCUT2D eigenvalue weighted by atomic mass is 32.1. The van der Waals surface area contributed by atoms with Gasteiger partial charge in [-0.05, 0) is 69.5 Å². The Bertz CT molecular complexity index is 1410. The molecule has 34 heavy (non-hydrogen) atoms. The standard InChI is InChI=1S/C26H29N5O2S/c1-15(2)31(12-23-27-21-9-7-6-8-19(21)25(33)29-23)13-24(32)30-26-28-22(14-34-26)20-11-17(4)16(3)10-18(20)5/h6-11,14-15H,12-13H2,1-5H3,(H,27,29,33)(H,28,30,32).